The van der Waals surface area contributed by atoms with Gasteiger partial charge in [-0.05, 0) is 49.9 Å². The summed E-state index contributed by atoms with van der Waals surface area (Å²) in [4.78, 5) is 4.76. The van der Waals surface area contributed by atoms with E-state index in [-0.39, 0.29) is 5.54 Å². The van der Waals surface area contributed by atoms with Crippen LogP contribution in [0.3, 0.4) is 0 Å². The van der Waals surface area contributed by atoms with E-state index in [1.807, 2.05) is 0 Å². The highest BCUT2D eigenvalue weighted by molar-refractivity contribution is 5.73. The lowest BCUT2D eigenvalue weighted by atomic mass is 9.92. The third-order valence-corrected chi connectivity index (χ3v) is 4.19. The predicted octanol–water partition coefficient (Wildman–Crippen LogP) is 3.77. The van der Waals surface area contributed by atoms with Gasteiger partial charge in [-0.3, -0.25) is 0 Å². The third kappa shape index (κ3) is 2.16. The van der Waals surface area contributed by atoms with E-state index in [1.165, 1.54) is 12.0 Å². The Morgan fingerprint density at radius 3 is 2.95 bits per heavy atom. The van der Waals surface area contributed by atoms with Gasteiger partial charge in [-0.1, -0.05) is 26.3 Å². The number of benzene rings is 1. The van der Waals surface area contributed by atoms with Crippen molar-refractivity contribution in [2.45, 2.75) is 51.5 Å². The van der Waals surface area contributed by atoms with Crippen LogP contribution in [0.5, 0.6) is 0 Å². The molecule has 3 rings (SSSR count). The summed E-state index contributed by atoms with van der Waals surface area (Å²) in [5.41, 5.74) is 3.20. The molecule has 0 aliphatic carbocycles. The fraction of sp³-hybridized carbons (Fsp3) is 0.562. The molecule has 2 aromatic rings. The molecule has 0 spiro atoms. The summed E-state index contributed by atoms with van der Waals surface area (Å²) in [5, 5.41) is 3.62. The summed E-state index contributed by atoms with van der Waals surface area (Å²) in [5.74, 6) is 0.884. The number of aryl methyl sites for hydroxylation is 1. The first kappa shape index (κ1) is 12.7. The first-order chi connectivity index (χ1) is 9.27. The Balaban J connectivity index is 2.03. The van der Waals surface area contributed by atoms with E-state index in [4.69, 9.17) is 9.40 Å². The minimum absolute atomic E-state index is 0.0276. The van der Waals surface area contributed by atoms with E-state index in [2.05, 4.69) is 37.4 Å². The van der Waals surface area contributed by atoms with Crippen LogP contribution in [-0.2, 0) is 12.0 Å². The van der Waals surface area contributed by atoms with Gasteiger partial charge >= 0.3 is 0 Å². The minimum atomic E-state index is -0.0276. The topological polar surface area (TPSA) is 38.1 Å². The quantitative estimate of drug-likeness (QED) is 0.907. The van der Waals surface area contributed by atoms with Gasteiger partial charge in [-0.2, -0.15) is 0 Å². The fourth-order valence-electron chi connectivity index (χ4n) is 3.13. The van der Waals surface area contributed by atoms with Gasteiger partial charge in [-0.25, -0.2) is 4.98 Å². The molecule has 0 bridgehead atoms. The summed E-state index contributed by atoms with van der Waals surface area (Å²) in [6, 6.07) is 6.34. The van der Waals surface area contributed by atoms with Crippen LogP contribution >= 0.6 is 0 Å². The summed E-state index contributed by atoms with van der Waals surface area (Å²) < 4.78 is 6.03. The molecule has 1 fully saturated rings. The molecule has 1 atom stereocenters. The van der Waals surface area contributed by atoms with Crippen LogP contribution in [0.1, 0.15) is 51.0 Å². The van der Waals surface area contributed by atoms with Crippen LogP contribution in [0.4, 0.5) is 0 Å². The molecule has 1 N–H and O–H groups in total. The highest BCUT2D eigenvalue weighted by atomic mass is 16.4. The fourth-order valence-corrected chi connectivity index (χ4v) is 3.13. The van der Waals surface area contributed by atoms with Gasteiger partial charge in [0.25, 0.3) is 0 Å². The smallest absolute Gasteiger partial charge is 0.215 e. The molecule has 3 nitrogen and oxygen atoms in total. The summed E-state index contributed by atoms with van der Waals surface area (Å²) in [6.45, 7) is 5.46. The van der Waals surface area contributed by atoms with Gasteiger partial charge < -0.3 is 9.73 Å². The monoisotopic (exact) mass is 258 g/mol. The second kappa shape index (κ2) is 4.97. The number of nitrogens with one attached hydrogen (secondary N) is 1. The molecular weight excluding hydrogens is 236 g/mol. The Bertz CT molecular complexity index is 567. The van der Waals surface area contributed by atoms with Crippen molar-refractivity contribution in [2.75, 3.05) is 6.54 Å². The summed E-state index contributed by atoms with van der Waals surface area (Å²) >= 11 is 0. The van der Waals surface area contributed by atoms with Crippen LogP contribution in [0.2, 0.25) is 0 Å². The molecule has 1 saturated heterocycles. The van der Waals surface area contributed by atoms with Crippen LogP contribution in [0.25, 0.3) is 11.1 Å². The average Bonchev–Trinajstić information content (AvgIpc) is 3.05. The van der Waals surface area contributed by atoms with E-state index in [1.54, 1.807) is 0 Å². The van der Waals surface area contributed by atoms with Crippen molar-refractivity contribution in [3.05, 3.63) is 29.7 Å². The molecule has 1 aromatic carbocycles. The lowest BCUT2D eigenvalue weighted by Gasteiger charge is -2.25. The number of nitrogens with zero attached hydrogens (tertiary/aromatic N) is 1. The SMILES string of the molecule is CCCC1(c2nc3cc(CC)ccc3o2)CCCN1. The number of aromatic nitrogens is 1. The van der Waals surface area contributed by atoms with Crippen molar-refractivity contribution in [2.24, 2.45) is 0 Å². The number of fused-ring (bicyclic) bond motifs is 1. The van der Waals surface area contributed by atoms with Gasteiger partial charge in [0.1, 0.15) is 5.52 Å². The average molecular weight is 258 g/mol. The van der Waals surface area contributed by atoms with Crippen LogP contribution < -0.4 is 5.32 Å². The Hall–Kier alpha value is -1.35. The highest BCUT2D eigenvalue weighted by Crippen LogP contribution is 2.36. The first-order valence-electron chi connectivity index (χ1n) is 7.42. The molecule has 19 heavy (non-hydrogen) atoms. The molecule has 1 aliphatic rings. The predicted molar refractivity (Wildman–Crippen MR) is 77.2 cm³/mol. The zero-order chi connectivity index (χ0) is 13.3. The largest absolute Gasteiger partial charge is 0.439 e. The molecule has 1 unspecified atom stereocenters. The molecule has 0 saturated carbocycles. The zero-order valence-electron chi connectivity index (χ0n) is 11.8. The molecule has 0 radical (unpaired) electrons. The van der Waals surface area contributed by atoms with E-state index in [0.29, 0.717) is 0 Å². The number of oxazole rings is 1. The van der Waals surface area contributed by atoms with Gasteiger partial charge in [0.05, 0.1) is 5.54 Å². The van der Waals surface area contributed by atoms with Crippen LogP contribution in [-0.4, -0.2) is 11.5 Å². The number of hydrogen-bond donors (Lipinski definition) is 1. The second-order valence-corrected chi connectivity index (χ2v) is 5.54. The lowest BCUT2D eigenvalue weighted by Crippen LogP contribution is -2.36. The molecule has 102 valence electrons. The zero-order valence-corrected chi connectivity index (χ0v) is 11.8. The molecular formula is C16H22N2O. The normalized spacial score (nSPS) is 23.3. The number of hydrogen-bond acceptors (Lipinski definition) is 3. The molecule has 2 heterocycles. The Morgan fingerprint density at radius 2 is 2.26 bits per heavy atom. The third-order valence-electron chi connectivity index (χ3n) is 4.19. The molecule has 0 amide bonds. The number of rotatable bonds is 4. The second-order valence-electron chi connectivity index (χ2n) is 5.54. The maximum absolute atomic E-state index is 6.03. The van der Waals surface area contributed by atoms with E-state index < -0.39 is 0 Å². The lowest BCUT2D eigenvalue weighted by molar-refractivity contribution is 0.279. The van der Waals surface area contributed by atoms with Crippen molar-refractivity contribution >= 4 is 11.1 Å². The van der Waals surface area contributed by atoms with Crippen molar-refractivity contribution in [1.82, 2.24) is 10.3 Å². The van der Waals surface area contributed by atoms with Crippen molar-refractivity contribution in [3.8, 4) is 0 Å². The minimum Gasteiger partial charge on any atom is -0.439 e. The standard InChI is InChI=1S/C16H22N2O/c1-3-8-16(9-5-10-17-16)15-18-13-11-12(4-2)6-7-14(13)19-15/h6-7,11,17H,3-5,8-10H2,1-2H3. The Morgan fingerprint density at radius 1 is 1.37 bits per heavy atom. The Kier molecular flexibility index (Phi) is 3.31. The molecule has 1 aliphatic heterocycles. The Labute approximate surface area is 114 Å². The highest BCUT2D eigenvalue weighted by Gasteiger charge is 2.38. The van der Waals surface area contributed by atoms with Gasteiger partial charge in [0.2, 0.25) is 5.89 Å². The van der Waals surface area contributed by atoms with Gasteiger partial charge in [-0.15, -0.1) is 0 Å². The molecule has 3 heteroatoms. The van der Waals surface area contributed by atoms with Gasteiger partial charge in [0.15, 0.2) is 5.58 Å². The van der Waals surface area contributed by atoms with E-state index >= 15 is 0 Å². The molecule has 1 aromatic heterocycles. The van der Waals surface area contributed by atoms with E-state index in [0.717, 1.165) is 49.2 Å². The summed E-state index contributed by atoms with van der Waals surface area (Å²) in [7, 11) is 0. The van der Waals surface area contributed by atoms with Crippen molar-refractivity contribution in [3.63, 3.8) is 0 Å². The summed E-state index contributed by atoms with van der Waals surface area (Å²) in [6.07, 6.45) is 5.62. The van der Waals surface area contributed by atoms with Crippen LogP contribution in [0, 0.1) is 0 Å². The maximum Gasteiger partial charge on any atom is 0.215 e. The van der Waals surface area contributed by atoms with E-state index in [9.17, 15) is 0 Å². The van der Waals surface area contributed by atoms with Crippen molar-refractivity contribution < 1.29 is 4.42 Å². The van der Waals surface area contributed by atoms with Gasteiger partial charge in [0, 0.05) is 0 Å². The maximum atomic E-state index is 6.03. The first-order valence-corrected chi connectivity index (χ1v) is 7.42. The van der Waals surface area contributed by atoms with Crippen LogP contribution in [0.15, 0.2) is 22.6 Å². The van der Waals surface area contributed by atoms with Crippen molar-refractivity contribution in [1.29, 1.82) is 0 Å².